The third kappa shape index (κ3) is 4.63. The van der Waals surface area contributed by atoms with Gasteiger partial charge < -0.3 is 20.5 Å². The van der Waals surface area contributed by atoms with E-state index in [1.54, 1.807) is 0 Å². The molecular formula is C15H28N2O3. The summed E-state index contributed by atoms with van der Waals surface area (Å²) in [6.45, 7) is 6.50. The van der Waals surface area contributed by atoms with E-state index >= 15 is 0 Å². The first kappa shape index (κ1) is 15.6. The number of urea groups is 1. The maximum absolute atomic E-state index is 11.7. The van der Waals surface area contributed by atoms with E-state index in [9.17, 15) is 9.90 Å². The van der Waals surface area contributed by atoms with E-state index < -0.39 is 5.60 Å². The molecule has 3 N–H and O–H groups in total. The lowest BCUT2D eigenvalue weighted by molar-refractivity contribution is 0.0291. The molecule has 5 heteroatoms. The summed E-state index contributed by atoms with van der Waals surface area (Å²) in [6, 6.07) is -0.185. The van der Waals surface area contributed by atoms with Gasteiger partial charge >= 0.3 is 6.03 Å². The van der Waals surface area contributed by atoms with Crippen LogP contribution in [0.3, 0.4) is 0 Å². The quantitative estimate of drug-likeness (QED) is 0.735. The van der Waals surface area contributed by atoms with Gasteiger partial charge in [0.15, 0.2) is 0 Å². The molecule has 0 aromatic carbocycles. The van der Waals surface area contributed by atoms with Crippen molar-refractivity contribution in [2.24, 2.45) is 11.3 Å². The molecule has 0 aromatic rings. The molecule has 1 saturated heterocycles. The average Bonchev–Trinajstić information content (AvgIpc) is 2.83. The number of ether oxygens (including phenoxy) is 1. The fourth-order valence-corrected chi connectivity index (χ4v) is 2.94. The van der Waals surface area contributed by atoms with E-state index in [2.05, 4.69) is 24.5 Å². The summed E-state index contributed by atoms with van der Waals surface area (Å²) in [5.74, 6) is 0.590. The van der Waals surface area contributed by atoms with Crippen molar-refractivity contribution in [3.8, 4) is 0 Å². The summed E-state index contributed by atoms with van der Waals surface area (Å²) in [5, 5.41) is 15.7. The van der Waals surface area contributed by atoms with E-state index in [4.69, 9.17) is 4.74 Å². The molecule has 0 bridgehead atoms. The van der Waals surface area contributed by atoms with Crippen molar-refractivity contribution in [3.05, 3.63) is 0 Å². The number of nitrogens with one attached hydrogen (secondary N) is 2. The van der Waals surface area contributed by atoms with Crippen LogP contribution >= 0.6 is 0 Å². The zero-order valence-corrected chi connectivity index (χ0v) is 12.7. The first-order valence-electron chi connectivity index (χ1n) is 7.70. The molecule has 0 radical (unpaired) electrons. The second-order valence-corrected chi connectivity index (χ2v) is 7.20. The highest BCUT2D eigenvalue weighted by Gasteiger charge is 2.32. The van der Waals surface area contributed by atoms with Gasteiger partial charge in [0.25, 0.3) is 0 Å². The summed E-state index contributed by atoms with van der Waals surface area (Å²) in [7, 11) is 0. The van der Waals surface area contributed by atoms with Crippen LogP contribution in [-0.4, -0.2) is 43.0 Å². The highest BCUT2D eigenvalue weighted by molar-refractivity contribution is 5.73. The Labute approximate surface area is 121 Å². The summed E-state index contributed by atoms with van der Waals surface area (Å²) >= 11 is 0. The number of amides is 2. The minimum atomic E-state index is -0.883. The Morgan fingerprint density at radius 1 is 1.25 bits per heavy atom. The number of carbonyl (C=O) groups is 1. The van der Waals surface area contributed by atoms with Gasteiger partial charge in [-0.25, -0.2) is 4.79 Å². The van der Waals surface area contributed by atoms with Gasteiger partial charge in [-0.3, -0.25) is 0 Å². The molecule has 116 valence electrons. The highest BCUT2D eigenvalue weighted by Crippen LogP contribution is 2.37. The Morgan fingerprint density at radius 3 is 2.55 bits per heavy atom. The fraction of sp³-hybridized carbons (Fsp3) is 0.933. The van der Waals surface area contributed by atoms with Crippen LogP contribution in [0, 0.1) is 11.3 Å². The molecule has 0 spiro atoms. The molecule has 2 rings (SSSR count). The van der Waals surface area contributed by atoms with Crippen LogP contribution in [0.15, 0.2) is 0 Å². The van der Waals surface area contributed by atoms with E-state index in [1.165, 1.54) is 25.7 Å². The van der Waals surface area contributed by atoms with Crippen LogP contribution in [0.5, 0.6) is 0 Å². The van der Waals surface area contributed by atoms with Crippen molar-refractivity contribution in [1.82, 2.24) is 10.6 Å². The van der Waals surface area contributed by atoms with Gasteiger partial charge in [-0.05, 0) is 37.0 Å². The minimum absolute atomic E-state index is 0.185. The van der Waals surface area contributed by atoms with E-state index in [0.717, 1.165) is 6.54 Å². The molecule has 0 aromatic heterocycles. The molecule has 2 fully saturated rings. The summed E-state index contributed by atoms with van der Waals surface area (Å²) in [6.07, 6.45) is 5.43. The van der Waals surface area contributed by atoms with Gasteiger partial charge in [-0.1, -0.05) is 13.8 Å². The SMILES string of the molecule is CC1(C)CCC(CNC(=O)NCC2(O)CCOC2)CC1. The summed E-state index contributed by atoms with van der Waals surface area (Å²) < 4.78 is 5.15. The fourth-order valence-electron chi connectivity index (χ4n) is 2.94. The first-order chi connectivity index (χ1) is 9.39. The highest BCUT2D eigenvalue weighted by atomic mass is 16.5. The molecule has 1 heterocycles. The van der Waals surface area contributed by atoms with Crippen LogP contribution < -0.4 is 10.6 Å². The molecule has 1 aliphatic carbocycles. The van der Waals surface area contributed by atoms with Gasteiger partial charge in [0.05, 0.1) is 13.2 Å². The third-order valence-electron chi connectivity index (χ3n) is 4.67. The van der Waals surface area contributed by atoms with Crippen molar-refractivity contribution in [1.29, 1.82) is 0 Å². The maximum atomic E-state index is 11.7. The standard InChI is InChI=1S/C15H28N2O3/c1-14(2)5-3-12(4-6-14)9-16-13(18)17-10-15(19)7-8-20-11-15/h12,19H,3-11H2,1-2H3,(H2,16,17,18). The second kappa shape index (κ2) is 6.31. The predicted molar refractivity (Wildman–Crippen MR) is 77.5 cm³/mol. The van der Waals surface area contributed by atoms with E-state index in [1.807, 2.05) is 0 Å². The van der Waals surface area contributed by atoms with Crippen LogP contribution in [0.1, 0.15) is 46.0 Å². The Kier molecular flexibility index (Phi) is 4.91. The van der Waals surface area contributed by atoms with Crippen molar-refractivity contribution in [2.45, 2.75) is 51.6 Å². The smallest absolute Gasteiger partial charge is 0.314 e. The molecule has 1 saturated carbocycles. The Bertz CT molecular complexity index is 328. The average molecular weight is 284 g/mol. The maximum Gasteiger partial charge on any atom is 0.314 e. The third-order valence-corrected chi connectivity index (χ3v) is 4.67. The number of hydrogen-bond acceptors (Lipinski definition) is 3. The lowest BCUT2D eigenvalue weighted by Crippen LogP contribution is -2.47. The number of carbonyl (C=O) groups excluding carboxylic acids is 1. The second-order valence-electron chi connectivity index (χ2n) is 7.20. The Balaban J connectivity index is 1.61. The molecule has 2 aliphatic rings. The topological polar surface area (TPSA) is 70.6 Å². The van der Waals surface area contributed by atoms with Gasteiger partial charge in [0.2, 0.25) is 0 Å². The van der Waals surface area contributed by atoms with Crippen molar-refractivity contribution in [3.63, 3.8) is 0 Å². The van der Waals surface area contributed by atoms with Gasteiger partial charge in [-0.2, -0.15) is 0 Å². The molecule has 20 heavy (non-hydrogen) atoms. The Hall–Kier alpha value is -0.810. The number of aliphatic hydroxyl groups is 1. The number of hydrogen-bond donors (Lipinski definition) is 3. The number of rotatable bonds is 4. The lowest BCUT2D eigenvalue weighted by Gasteiger charge is -2.34. The minimum Gasteiger partial charge on any atom is -0.386 e. The van der Waals surface area contributed by atoms with Crippen LogP contribution in [-0.2, 0) is 4.74 Å². The molecule has 1 atom stereocenters. The zero-order valence-electron chi connectivity index (χ0n) is 12.7. The predicted octanol–water partition coefficient (Wildman–Crippen LogP) is 1.65. The summed E-state index contributed by atoms with van der Waals surface area (Å²) in [5.41, 5.74) is -0.420. The van der Waals surface area contributed by atoms with E-state index in [-0.39, 0.29) is 12.6 Å². The molecule has 5 nitrogen and oxygen atoms in total. The van der Waals surface area contributed by atoms with Crippen molar-refractivity contribution >= 4 is 6.03 Å². The van der Waals surface area contributed by atoms with Gasteiger partial charge in [-0.15, -0.1) is 0 Å². The van der Waals surface area contributed by atoms with Gasteiger partial charge in [0, 0.05) is 19.6 Å². The van der Waals surface area contributed by atoms with Gasteiger partial charge in [0.1, 0.15) is 5.60 Å². The van der Waals surface area contributed by atoms with Crippen molar-refractivity contribution in [2.75, 3.05) is 26.3 Å². The van der Waals surface area contributed by atoms with E-state index in [0.29, 0.717) is 31.0 Å². The molecular weight excluding hydrogens is 256 g/mol. The van der Waals surface area contributed by atoms with Crippen LogP contribution in [0.2, 0.25) is 0 Å². The van der Waals surface area contributed by atoms with Crippen molar-refractivity contribution < 1.29 is 14.6 Å². The molecule has 1 unspecified atom stereocenters. The molecule has 2 amide bonds. The zero-order chi connectivity index (χ0) is 14.6. The molecule has 1 aliphatic heterocycles. The van der Waals surface area contributed by atoms with Crippen LogP contribution in [0.4, 0.5) is 4.79 Å². The monoisotopic (exact) mass is 284 g/mol. The normalized spacial score (nSPS) is 30.1. The lowest BCUT2D eigenvalue weighted by atomic mass is 9.73. The summed E-state index contributed by atoms with van der Waals surface area (Å²) in [4.78, 5) is 11.7. The largest absolute Gasteiger partial charge is 0.386 e. The van der Waals surface area contributed by atoms with Crippen LogP contribution in [0.25, 0.3) is 0 Å². The Morgan fingerprint density at radius 2 is 1.95 bits per heavy atom. The first-order valence-corrected chi connectivity index (χ1v) is 7.70.